The van der Waals surface area contributed by atoms with Crippen molar-refractivity contribution in [3.05, 3.63) is 26.7 Å². The Morgan fingerprint density at radius 3 is 2.52 bits per heavy atom. The lowest BCUT2D eigenvalue weighted by Crippen LogP contribution is -2.57. The van der Waals surface area contributed by atoms with Crippen molar-refractivity contribution in [1.29, 1.82) is 0 Å². The van der Waals surface area contributed by atoms with Gasteiger partial charge in [-0.25, -0.2) is 9.37 Å². The SMILES string of the molecule is CC(C)(CN1C2CCC1CN(c1nc(Cl)nc3c(F)c(Br)c(Cl)cc13)C2)C(=O)O. The first-order chi connectivity index (χ1) is 13.6. The Kier molecular flexibility index (Phi) is 5.42. The summed E-state index contributed by atoms with van der Waals surface area (Å²) in [6.07, 6.45) is 1.96. The number of halogens is 4. The van der Waals surface area contributed by atoms with Gasteiger partial charge >= 0.3 is 5.97 Å². The maximum atomic E-state index is 14.7. The first-order valence-electron chi connectivity index (χ1n) is 9.33. The van der Waals surface area contributed by atoms with E-state index < -0.39 is 17.2 Å². The Labute approximate surface area is 186 Å². The van der Waals surface area contributed by atoms with Crippen molar-refractivity contribution in [2.24, 2.45) is 5.41 Å². The number of aromatic nitrogens is 2. The number of anilines is 1. The number of hydrogen-bond acceptors (Lipinski definition) is 5. The Morgan fingerprint density at radius 1 is 1.31 bits per heavy atom. The van der Waals surface area contributed by atoms with Crippen LogP contribution < -0.4 is 4.90 Å². The van der Waals surface area contributed by atoms with E-state index in [1.165, 1.54) is 0 Å². The first kappa shape index (κ1) is 21.0. The van der Waals surface area contributed by atoms with Crippen LogP contribution >= 0.6 is 39.1 Å². The summed E-state index contributed by atoms with van der Waals surface area (Å²) in [6.45, 7) is 5.31. The van der Waals surface area contributed by atoms with Crippen LogP contribution in [0.5, 0.6) is 0 Å². The van der Waals surface area contributed by atoms with Gasteiger partial charge in [0.25, 0.3) is 0 Å². The van der Waals surface area contributed by atoms with Crippen LogP contribution in [0.25, 0.3) is 10.9 Å². The quantitative estimate of drug-likeness (QED) is 0.483. The van der Waals surface area contributed by atoms with Gasteiger partial charge in [-0.15, -0.1) is 0 Å². The van der Waals surface area contributed by atoms with Gasteiger partial charge in [0.05, 0.1) is 14.9 Å². The monoisotopic (exact) mass is 504 g/mol. The zero-order valence-corrected chi connectivity index (χ0v) is 19.0. The van der Waals surface area contributed by atoms with Gasteiger partial charge in [0.1, 0.15) is 11.3 Å². The molecule has 6 nitrogen and oxygen atoms in total. The highest BCUT2D eigenvalue weighted by Gasteiger charge is 2.44. The number of nitrogens with zero attached hydrogens (tertiary/aromatic N) is 4. The van der Waals surface area contributed by atoms with E-state index >= 15 is 0 Å². The maximum Gasteiger partial charge on any atom is 0.310 e. The molecule has 3 heterocycles. The molecule has 1 aromatic heterocycles. The summed E-state index contributed by atoms with van der Waals surface area (Å²) in [4.78, 5) is 24.4. The van der Waals surface area contributed by atoms with Crippen molar-refractivity contribution >= 4 is 61.8 Å². The molecule has 2 atom stereocenters. The van der Waals surface area contributed by atoms with Crippen molar-refractivity contribution in [2.75, 3.05) is 24.5 Å². The Bertz CT molecular complexity index is 992. The Balaban J connectivity index is 1.68. The van der Waals surface area contributed by atoms with Crippen molar-refractivity contribution in [3.63, 3.8) is 0 Å². The predicted octanol–water partition coefficient (Wildman–Crippen LogP) is 4.60. The fraction of sp³-hybridized carbons (Fsp3) is 0.526. The number of fused-ring (bicyclic) bond motifs is 3. The average Bonchev–Trinajstić information content (AvgIpc) is 2.87. The lowest BCUT2D eigenvalue weighted by molar-refractivity contribution is -0.148. The molecule has 2 aliphatic heterocycles. The average molecular weight is 506 g/mol. The molecule has 10 heteroatoms. The summed E-state index contributed by atoms with van der Waals surface area (Å²) in [6, 6.07) is 2.05. The summed E-state index contributed by atoms with van der Waals surface area (Å²) in [5, 5.41) is 10.2. The number of benzene rings is 1. The molecule has 0 aliphatic carbocycles. The number of carboxylic acids is 1. The van der Waals surface area contributed by atoms with E-state index in [-0.39, 0.29) is 32.4 Å². The number of aliphatic carboxylic acids is 1. The molecule has 2 aromatic rings. The van der Waals surface area contributed by atoms with Crippen LogP contribution in [0.2, 0.25) is 10.3 Å². The summed E-state index contributed by atoms with van der Waals surface area (Å²) in [5.41, 5.74) is -0.699. The molecule has 2 aliphatic rings. The van der Waals surface area contributed by atoms with Crippen LogP contribution in [0.1, 0.15) is 26.7 Å². The van der Waals surface area contributed by atoms with Crippen molar-refractivity contribution in [2.45, 2.75) is 38.8 Å². The highest BCUT2D eigenvalue weighted by atomic mass is 79.9. The number of carbonyl (C=O) groups is 1. The highest BCUT2D eigenvalue weighted by Crippen LogP contribution is 2.39. The van der Waals surface area contributed by atoms with Crippen molar-refractivity contribution in [1.82, 2.24) is 14.9 Å². The zero-order chi connectivity index (χ0) is 21.1. The van der Waals surface area contributed by atoms with Crippen LogP contribution in [0.15, 0.2) is 10.5 Å². The molecule has 2 fully saturated rings. The highest BCUT2D eigenvalue weighted by molar-refractivity contribution is 9.10. The van der Waals surface area contributed by atoms with Crippen LogP contribution in [0.4, 0.5) is 10.2 Å². The zero-order valence-electron chi connectivity index (χ0n) is 15.9. The normalized spacial score (nSPS) is 22.5. The van der Waals surface area contributed by atoms with E-state index in [0.717, 1.165) is 12.8 Å². The molecule has 1 N–H and O–H groups in total. The van der Waals surface area contributed by atoms with E-state index in [9.17, 15) is 14.3 Å². The molecule has 0 spiro atoms. The number of carboxylic acid groups (broad SMARTS) is 1. The largest absolute Gasteiger partial charge is 0.481 e. The standard InChI is InChI=1S/C19H20BrCl2FN4O2/c1-19(2,17(28)29)8-27-9-3-4-10(27)7-26(6-9)16-11-5-12(21)13(20)14(23)15(11)24-18(22)25-16/h5,9-10H,3-4,6-8H2,1-2H3,(H,28,29). The van der Waals surface area contributed by atoms with Gasteiger partial charge in [-0.2, -0.15) is 4.98 Å². The molecule has 0 saturated carbocycles. The topological polar surface area (TPSA) is 69.6 Å². The molecule has 2 saturated heterocycles. The molecule has 2 bridgehead atoms. The minimum absolute atomic E-state index is 0.0255. The van der Waals surface area contributed by atoms with E-state index in [4.69, 9.17) is 23.2 Å². The Hall–Kier alpha value is -1.22. The molecule has 4 rings (SSSR count). The van der Waals surface area contributed by atoms with Crippen LogP contribution in [0, 0.1) is 11.2 Å². The molecule has 0 amide bonds. The van der Waals surface area contributed by atoms with Gasteiger partial charge in [0.15, 0.2) is 5.82 Å². The molecular formula is C19H20BrCl2FN4O2. The summed E-state index contributed by atoms with van der Waals surface area (Å²) in [7, 11) is 0. The van der Waals surface area contributed by atoms with Gasteiger partial charge in [-0.1, -0.05) is 11.6 Å². The molecular weight excluding hydrogens is 486 g/mol. The predicted molar refractivity (Wildman–Crippen MR) is 114 cm³/mol. The smallest absolute Gasteiger partial charge is 0.310 e. The van der Waals surface area contributed by atoms with E-state index in [0.29, 0.717) is 30.8 Å². The summed E-state index contributed by atoms with van der Waals surface area (Å²) in [5.74, 6) is -0.811. The first-order valence-corrected chi connectivity index (χ1v) is 10.9. The third kappa shape index (κ3) is 3.69. The second kappa shape index (κ2) is 7.48. The van der Waals surface area contributed by atoms with Gasteiger partial charge in [0.2, 0.25) is 5.28 Å². The second-order valence-corrected chi connectivity index (χ2v) is 9.89. The summed E-state index contributed by atoms with van der Waals surface area (Å²) >= 11 is 15.4. The van der Waals surface area contributed by atoms with Crippen molar-refractivity contribution in [3.8, 4) is 0 Å². The number of piperazine rings is 1. The van der Waals surface area contributed by atoms with Gasteiger partial charge in [-0.05, 0) is 60.3 Å². The molecule has 2 unspecified atom stereocenters. The van der Waals surface area contributed by atoms with E-state index in [1.54, 1.807) is 19.9 Å². The lowest BCUT2D eigenvalue weighted by Gasteiger charge is -2.44. The molecule has 1 aromatic carbocycles. The lowest BCUT2D eigenvalue weighted by atomic mass is 9.92. The minimum Gasteiger partial charge on any atom is -0.481 e. The number of rotatable bonds is 4. The fourth-order valence-electron chi connectivity index (χ4n) is 4.32. The molecule has 156 valence electrons. The molecule has 0 radical (unpaired) electrons. The minimum atomic E-state index is -0.823. The third-order valence-corrected chi connectivity index (χ3v) is 7.34. The van der Waals surface area contributed by atoms with Crippen molar-refractivity contribution < 1.29 is 14.3 Å². The van der Waals surface area contributed by atoms with Crippen LogP contribution in [0.3, 0.4) is 0 Å². The maximum absolute atomic E-state index is 14.7. The van der Waals surface area contributed by atoms with E-state index in [2.05, 4.69) is 35.7 Å². The molecule has 29 heavy (non-hydrogen) atoms. The van der Waals surface area contributed by atoms with Crippen LogP contribution in [-0.2, 0) is 4.79 Å². The van der Waals surface area contributed by atoms with Crippen LogP contribution in [-0.4, -0.2) is 57.7 Å². The van der Waals surface area contributed by atoms with Gasteiger partial charge in [-0.3, -0.25) is 9.69 Å². The summed E-state index contributed by atoms with van der Waals surface area (Å²) < 4.78 is 14.9. The second-order valence-electron chi connectivity index (χ2n) is 8.35. The van der Waals surface area contributed by atoms with E-state index in [1.807, 2.05) is 0 Å². The third-order valence-electron chi connectivity index (χ3n) is 5.87. The fourth-order valence-corrected chi connectivity index (χ4v) is 4.98. The van der Waals surface area contributed by atoms with Gasteiger partial charge < -0.3 is 10.0 Å². The number of hydrogen-bond donors (Lipinski definition) is 1. The Morgan fingerprint density at radius 2 is 1.93 bits per heavy atom. The van der Waals surface area contributed by atoms with Gasteiger partial charge in [0, 0.05) is 37.1 Å².